The molecule has 0 saturated heterocycles. The number of carbonyl (C=O) groups is 1. The summed E-state index contributed by atoms with van der Waals surface area (Å²) < 4.78 is 6.43. The molecular formula is C23H22O3. The summed E-state index contributed by atoms with van der Waals surface area (Å²) in [6.07, 6.45) is 0. The van der Waals surface area contributed by atoms with Crippen LogP contribution in [-0.4, -0.2) is 17.7 Å². The van der Waals surface area contributed by atoms with Crippen molar-refractivity contribution < 1.29 is 14.6 Å². The lowest BCUT2D eigenvalue weighted by Crippen LogP contribution is -2.35. The van der Waals surface area contributed by atoms with E-state index in [4.69, 9.17) is 4.74 Å². The highest BCUT2D eigenvalue weighted by atomic mass is 16.5. The van der Waals surface area contributed by atoms with Gasteiger partial charge in [-0.25, -0.2) is 0 Å². The molecule has 0 aliphatic carbocycles. The largest absolute Gasteiger partial charge is 0.481 e. The Kier molecular flexibility index (Phi) is 5.49. The van der Waals surface area contributed by atoms with Crippen LogP contribution in [0.2, 0.25) is 0 Å². The maximum Gasteiger partial charge on any atom is 0.308 e. The monoisotopic (exact) mass is 346 g/mol. The van der Waals surface area contributed by atoms with Crippen molar-refractivity contribution in [1.29, 1.82) is 0 Å². The lowest BCUT2D eigenvalue weighted by atomic mass is 9.80. The second-order valence-corrected chi connectivity index (χ2v) is 6.33. The van der Waals surface area contributed by atoms with E-state index in [2.05, 4.69) is 0 Å². The number of aliphatic carboxylic acids is 1. The fourth-order valence-electron chi connectivity index (χ4n) is 3.09. The van der Waals surface area contributed by atoms with Gasteiger partial charge in [0.2, 0.25) is 0 Å². The number of hydrogen-bond acceptors (Lipinski definition) is 2. The Hall–Kier alpha value is -2.91. The predicted octanol–water partition coefficient (Wildman–Crippen LogP) is 4.72. The Labute approximate surface area is 153 Å². The zero-order valence-corrected chi connectivity index (χ0v) is 14.7. The first-order valence-corrected chi connectivity index (χ1v) is 8.68. The van der Waals surface area contributed by atoms with Crippen molar-refractivity contribution in [3.8, 4) is 0 Å². The van der Waals surface area contributed by atoms with Crippen LogP contribution < -0.4 is 0 Å². The quantitative estimate of drug-likeness (QED) is 0.630. The Bertz CT molecular complexity index is 732. The van der Waals surface area contributed by atoms with Crippen molar-refractivity contribution in [1.82, 2.24) is 0 Å². The number of rotatable bonds is 7. The van der Waals surface area contributed by atoms with Crippen LogP contribution >= 0.6 is 0 Å². The summed E-state index contributed by atoms with van der Waals surface area (Å²) in [5.41, 5.74) is 2.04. The van der Waals surface area contributed by atoms with Gasteiger partial charge >= 0.3 is 5.97 Å². The van der Waals surface area contributed by atoms with Crippen LogP contribution in [0.4, 0.5) is 0 Å². The molecule has 3 heteroatoms. The van der Waals surface area contributed by atoms with E-state index >= 15 is 0 Å². The van der Waals surface area contributed by atoms with E-state index in [-0.39, 0.29) is 6.61 Å². The summed E-state index contributed by atoms with van der Waals surface area (Å²) in [7, 11) is 0. The van der Waals surface area contributed by atoms with Crippen molar-refractivity contribution in [2.45, 2.75) is 12.5 Å². The van der Waals surface area contributed by atoms with Gasteiger partial charge in [0.15, 0.2) is 0 Å². The van der Waals surface area contributed by atoms with Crippen molar-refractivity contribution in [3.05, 3.63) is 108 Å². The van der Waals surface area contributed by atoms with Crippen molar-refractivity contribution in [2.24, 2.45) is 5.92 Å². The molecule has 0 aliphatic heterocycles. The van der Waals surface area contributed by atoms with Crippen molar-refractivity contribution >= 4 is 5.97 Å². The van der Waals surface area contributed by atoms with E-state index in [1.807, 2.05) is 91.0 Å². The highest BCUT2D eigenvalue weighted by Gasteiger charge is 2.38. The van der Waals surface area contributed by atoms with E-state index < -0.39 is 17.5 Å². The Balaban J connectivity index is 2.19. The summed E-state index contributed by atoms with van der Waals surface area (Å²) in [5.74, 6) is -1.47. The standard InChI is InChI=1S/C23H22O3/c1-18(22(24)25)17-26-23(19-11-5-2-6-12-19,20-13-7-3-8-14-20)21-15-9-4-10-16-21/h2-16,18H,17H2,1H3,(H,24,25)/t18-/m0/s1. The minimum absolute atomic E-state index is 0.105. The number of carboxylic acid groups (broad SMARTS) is 1. The fourth-order valence-corrected chi connectivity index (χ4v) is 3.09. The maximum atomic E-state index is 11.3. The zero-order valence-electron chi connectivity index (χ0n) is 14.7. The van der Waals surface area contributed by atoms with Gasteiger partial charge in [-0.15, -0.1) is 0 Å². The maximum absolute atomic E-state index is 11.3. The van der Waals surface area contributed by atoms with Gasteiger partial charge < -0.3 is 9.84 Å². The Morgan fingerprint density at radius 3 is 1.46 bits per heavy atom. The molecule has 3 aromatic carbocycles. The molecule has 0 radical (unpaired) electrons. The SMILES string of the molecule is C[C@@H](COC(c1ccccc1)(c1ccccc1)c1ccccc1)C(=O)O. The average molecular weight is 346 g/mol. The number of ether oxygens (including phenoxy) is 1. The zero-order chi connectivity index (χ0) is 18.4. The molecule has 3 rings (SSSR count). The number of carboxylic acids is 1. The first kappa shape index (κ1) is 17.9. The minimum Gasteiger partial charge on any atom is -0.481 e. The van der Waals surface area contributed by atoms with Gasteiger partial charge in [-0.3, -0.25) is 4.79 Å². The van der Waals surface area contributed by atoms with Gasteiger partial charge in [0.1, 0.15) is 5.60 Å². The van der Waals surface area contributed by atoms with Crippen LogP contribution in [0.3, 0.4) is 0 Å². The summed E-state index contributed by atoms with van der Waals surface area (Å²) in [5, 5.41) is 9.31. The molecule has 1 N–H and O–H groups in total. The van der Waals surface area contributed by atoms with Crippen molar-refractivity contribution in [2.75, 3.05) is 6.61 Å². The molecule has 132 valence electrons. The number of hydrogen-bond donors (Lipinski definition) is 1. The highest BCUT2D eigenvalue weighted by Crippen LogP contribution is 2.40. The molecule has 0 saturated carbocycles. The minimum atomic E-state index is -0.868. The highest BCUT2D eigenvalue weighted by molar-refractivity contribution is 5.69. The smallest absolute Gasteiger partial charge is 0.308 e. The third-order valence-electron chi connectivity index (χ3n) is 4.51. The summed E-state index contributed by atoms with van der Waals surface area (Å²) in [4.78, 5) is 11.3. The molecule has 0 bridgehead atoms. The van der Waals surface area contributed by atoms with E-state index in [1.165, 1.54) is 0 Å². The van der Waals surface area contributed by atoms with Gasteiger partial charge in [0, 0.05) is 0 Å². The molecular weight excluding hydrogens is 324 g/mol. The second-order valence-electron chi connectivity index (χ2n) is 6.33. The lowest BCUT2D eigenvalue weighted by Gasteiger charge is -2.36. The predicted molar refractivity (Wildman–Crippen MR) is 102 cm³/mol. The molecule has 0 amide bonds. The molecule has 3 nitrogen and oxygen atoms in total. The van der Waals surface area contributed by atoms with E-state index in [9.17, 15) is 9.90 Å². The second kappa shape index (κ2) is 7.98. The lowest BCUT2D eigenvalue weighted by molar-refractivity contribution is -0.144. The Morgan fingerprint density at radius 1 is 0.808 bits per heavy atom. The van der Waals surface area contributed by atoms with Crippen LogP contribution in [0.25, 0.3) is 0 Å². The van der Waals surface area contributed by atoms with Gasteiger partial charge in [-0.2, -0.15) is 0 Å². The first-order chi connectivity index (χ1) is 12.6. The molecule has 0 aliphatic rings. The molecule has 0 spiro atoms. The third-order valence-corrected chi connectivity index (χ3v) is 4.51. The molecule has 0 heterocycles. The fraction of sp³-hybridized carbons (Fsp3) is 0.174. The summed E-state index contributed by atoms with van der Waals surface area (Å²) in [6.45, 7) is 1.77. The van der Waals surface area contributed by atoms with Crippen LogP contribution in [0.1, 0.15) is 23.6 Å². The van der Waals surface area contributed by atoms with Crippen molar-refractivity contribution in [3.63, 3.8) is 0 Å². The van der Waals surface area contributed by atoms with Gasteiger partial charge in [0.25, 0.3) is 0 Å². The van der Waals surface area contributed by atoms with Crippen LogP contribution in [0.15, 0.2) is 91.0 Å². The van der Waals surface area contributed by atoms with Crippen LogP contribution in [0, 0.1) is 5.92 Å². The molecule has 3 aromatic rings. The van der Waals surface area contributed by atoms with E-state index in [0.29, 0.717) is 0 Å². The van der Waals surface area contributed by atoms with Crippen LogP contribution in [-0.2, 0) is 15.1 Å². The summed E-state index contributed by atoms with van der Waals surface area (Å²) >= 11 is 0. The molecule has 0 fully saturated rings. The Morgan fingerprint density at radius 2 is 1.15 bits per heavy atom. The summed E-state index contributed by atoms with van der Waals surface area (Å²) in [6, 6.07) is 29.8. The third kappa shape index (κ3) is 3.53. The normalized spacial score (nSPS) is 12.5. The average Bonchev–Trinajstić information content (AvgIpc) is 2.70. The molecule has 1 atom stereocenters. The van der Waals surface area contributed by atoms with Gasteiger partial charge in [0.05, 0.1) is 12.5 Å². The molecule has 26 heavy (non-hydrogen) atoms. The van der Waals surface area contributed by atoms with E-state index in [0.717, 1.165) is 16.7 Å². The first-order valence-electron chi connectivity index (χ1n) is 8.68. The van der Waals surface area contributed by atoms with Crippen LogP contribution in [0.5, 0.6) is 0 Å². The van der Waals surface area contributed by atoms with Gasteiger partial charge in [-0.1, -0.05) is 91.0 Å². The topological polar surface area (TPSA) is 46.5 Å². The van der Waals surface area contributed by atoms with E-state index in [1.54, 1.807) is 6.92 Å². The van der Waals surface area contributed by atoms with Gasteiger partial charge in [-0.05, 0) is 23.6 Å². The molecule has 0 unspecified atom stereocenters. The number of benzene rings is 3. The molecule has 0 aromatic heterocycles.